The highest BCUT2D eigenvalue weighted by Crippen LogP contribution is 2.23. The Balaban J connectivity index is 2.35. The molecule has 0 unspecified atom stereocenters. The Morgan fingerprint density at radius 2 is 1.86 bits per heavy atom. The van der Waals surface area contributed by atoms with E-state index >= 15 is 0 Å². The van der Waals surface area contributed by atoms with Crippen LogP contribution in [-0.4, -0.2) is 48.4 Å². The Hall–Kier alpha value is -1.72. The lowest BCUT2D eigenvalue weighted by atomic mass is 9.90. The number of carbonyl (C=O) groups is 2. The highest BCUT2D eigenvalue weighted by atomic mass is 16.6. The van der Waals surface area contributed by atoms with Crippen LogP contribution in [0.4, 0.5) is 9.59 Å². The van der Waals surface area contributed by atoms with Gasteiger partial charge in [0.15, 0.2) is 0 Å². The molecule has 0 aromatic heterocycles. The first-order chi connectivity index (χ1) is 10.2. The van der Waals surface area contributed by atoms with Gasteiger partial charge in [-0.05, 0) is 46.5 Å². The number of carbonyl (C=O) groups excluding carboxylic acids is 2. The standard InChI is InChI=1S/C16H28N2O4/c1-6-11-21-15(20)18(5)13-9-7-12(8-10-13)17-14(19)22-16(2,3)4/h6,12-13H,1,7-11H2,2-5H3,(H,17,19). The zero-order valence-corrected chi connectivity index (χ0v) is 14.1. The van der Waals surface area contributed by atoms with Crippen LogP contribution in [0.3, 0.4) is 0 Å². The maximum atomic E-state index is 11.8. The number of rotatable bonds is 4. The molecule has 0 atom stereocenters. The van der Waals surface area contributed by atoms with Gasteiger partial charge in [0, 0.05) is 19.1 Å². The summed E-state index contributed by atoms with van der Waals surface area (Å²) in [5.74, 6) is 0. The van der Waals surface area contributed by atoms with Crippen LogP contribution in [0.5, 0.6) is 0 Å². The summed E-state index contributed by atoms with van der Waals surface area (Å²) in [6, 6.07) is 0.248. The molecule has 0 bridgehead atoms. The Bertz CT molecular complexity index is 395. The highest BCUT2D eigenvalue weighted by Gasteiger charge is 2.28. The lowest BCUT2D eigenvalue weighted by molar-refractivity contribution is 0.0474. The van der Waals surface area contributed by atoms with E-state index in [4.69, 9.17) is 9.47 Å². The predicted octanol–water partition coefficient (Wildman–Crippen LogP) is 3.08. The molecule has 0 heterocycles. The number of alkyl carbamates (subject to hydrolysis) is 1. The van der Waals surface area contributed by atoms with Gasteiger partial charge in [-0.2, -0.15) is 0 Å². The molecule has 1 saturated carbocycles. The van der Waals surface area contributed by atoms with Crippen LogP contribution in [0.1, 0.15) is 46.5 Å². The zero-order valence-electron chi connectivity index (χ0n) is 14.1. The van der Waals surface area contributed by atoms with E-state index in [2.05, 4.69) is 11.9 Å². The van der Waals surface area contributed by atoms with Gasteiger partial charge in [0.2, 0.25) is 0 Å². The Labute approximate surface area is 132 Å². The third-order valence-corrected chi connectivity index (χ3v) is 3.58. The number of ether oxygens (including phenoxy) is 2. The first-order valence-corrected chi connectivity index (χ1v) is 7.73. The lowest BCUT2D eigenvalue weighted by Crippen LogP contribution is -2.45. The van der Waals surface area contributed by atoms with Gasteiger partial charge in [0.1, 0.15) is 12.2 Å². The van der Waals surface area contributed by atoms with Crippen molar-refractivity contribution >= 4 is 12.2 Å². The second-order valence-electron chi connectivity index (χ2n) is 6.63. The molecule has 6 nitrogen and oxygen atoms in total. The maximum absolute atomic E-state index is 11.8. The molecule has 0 saturated heterocycles. The molecule has 0 aliphatic heterocycles. The van der Waals surface area contributed by atoms with Crippen LogP contribution in [-0.2, 0) is 9.47 Å². The molecule has 0 spiro atoms. The van der Waals surface area contributed by atoms with Gasteiger partial charge in [-0.25, -0.2) is 9.59 Å². The van der Waals surface area contributed by atoms with Crippen LogP contribution < -0.4 is 5.32 Å². The van der Waals surface area contributed by atoms with Gasteiger partial charge in [0.25, 0.3) is 0 Å². The zero-order chi connectivity index (χ0) is 16.8. The van der Waals surface area contributed by atoms with Gasteiger partial charge in [-0.15, -0.1) is 0 Å². The summed E-state index contributed by atoms with van der Waals surface area (Å²) < 4.78 is 10.3. The van der Waals surface area contributed by atoms with Crippen LogP contribution in [0.15, 0.2) is 12.7 Å². The van der Waals surface area contributed by atoms with E-state index in [1.54, 1.807) is 18.0 Å². The van der Waals surface area contributed by atoms with E-state index < -0.39 is 5.60 Å². The molecule has 1 rings (SSSR count). The average molecular weight is 312 g/mol. The van der Waals surface area contributed by atoms with E-state index in [-0.39, 0.29) is 30.9 Å². The van der Waals surface area contributed by atoms with Gasteiger partial charge >= 0.3 is 12.2 Å². The van der Waals surface area contributed by atoms with Crippen LogP contribution in [0, 0.1) is 0 Å². The van der Waals surface area contributed by atoms with Crippen molar-refractivity contribution in [1.29, 1.82) is 0 Å². The second-order valence-corrected chi connectivity index (χ2v) is 6.63. The van der Waals surface area contributed by atoms with Crippen molar-refractivity contribution in [3.8, 4) is 0 Å². The van der Waals surface area contributed by atoms with E-state index in [9.17, 15) is 9.59 Å². The topological polar surface area (TPSA) is 67.9 Å². The smallest absolute Gasteiger partial charge is 0.410 e. The Morgan fingerprint density at radius 1 is 1.27 bits per heavy atom. The largest absolute Gasteiger partial charge is 0.445 e. The van der Waals surface area contributed by atoms with E-state index in [1.807, 2.05) is 20.8 Å². The number of hydrogen-bond donors (Lipinski definition) is 1. The number of hydrogen-bond acceptors (Lipinski definition) is 4. The third-order valence-electron chi connectivity index (χ3n) is 3.58. The highest BCUT2D eigenvalue weighted by molar-refractivity contribution is 5.68. The second kappa shape index (κ2) is 8.06. The molecule has 22 heavy (non-hydrogen) atoms. The molecule has 2 amide bonds. The molecule has 1 N–H and O–H groups in total. The van der Waals surface area contributed by atoms with E-state index in [0.717, 1.165) is 25.7 Å². The van der Waals surface area contributed by atoms with Gasteiger partial charge in [-0.3, -0.25) is 0 Å². The summed E-state index contributed by atoms with van der Waals surface area (Å²) in [6.07, 6.45) is 4.15. The molecule has 1 aliphatic rings. The van der Waals surface area contributed by atoms with Crippen molar-refractivity contribution in [3.05, 3.63) is 12.7 Å². The fourth-order valence-electron chi connectivity index (χ4n) is 2.46. The molecule has 0 aromatic rings. The normalized spacial score (nSPS) is 21.6. The van der Waals surface area contributed by atoms with Crippen molar-refractivity contribution in [2.75, 3.05) is 13.7 Å². The molecule has 0 radical (unpaired) electrons. The molecular formula is C16H28N2O4. The minimum absolute atomic E-state index is 0.101. The summed E-state index contributed by atoms with van der Waals surface area (Å²) in [5.41, 5.74) is -0.490. The molecule has 1 aliphatic carbocycles. The van der Waals surface area contributed by atoms with Crippen molar-refractivity contribution in [2.45, 2.75) is 64.1 Å². The van der Waals surface area contributed by atoms with E-state index in [0.29, 0.717) is 0 Å². The van der Waals surface area contributed by atoms with Crippen molar-refractivity contribution in [3.63, 3.8) is 0 Å². The average Bonchev–Trinajstić information content (AvgIpc) is 2.42. The van der Waals surface area contributed by atoms with Crippen molar-refractivity contribution < 1.29 is 19.1 Å². The summed E-state index contributed by atoms with van der Waals surface area (Å²) >= 11 is 0. The van der Waals surface area contributed by atoms with Crippen molar-refractivity contribution in [1.82, 2.24) is 10.2 Å². The minimum Gasteiger partial charge on any atom is -0.445 e. The first kappa shape index (κ1) is 18.3. The monoisotopic (exact) mass is 312 g/mol. The minimum atomic E-state index is -0.490. The van der Waals surface area contributed by atoms with Gasteiger partial charge in [-0.1, -0.05) is 12.7 Å². The van der Waals surface area contributed by atoms with Gasteiger partial charge < -0.3 is 19.7 Å². The molecule has 1 fully saturated rings. The SMILES string of the molecule is C=CCOC(=O)N(C)C1CCC(NC(=O)OC(C)(C)C)CC1. The predicted molar refractivity (Wildman–Crippen MR) is 84.7 cm³/mol. The van der Waals surface area contributed by atoms with E-state index in [1.165, 1.54) is 0 Å². The number of nitrogens with one attached hydrogen (secondary N) is 1. The van der Waals surface area contributed by atoms with Crippen LogP contribution in [0.25, 0.3) is 0 Å². The number of amides is 2. The quantitative estimate of drug-likeness (QED) is 0.810. The number of nitrogens with zero attached hydrogens (tertiary/aromatic N) is 1. The summed E-state index contributed by atoms with van der Waals surface area (Å²) in [4.78, 5) is 25.2. The summed E-state index contributed by atoms with van der Waals surface area (Å²) in [6.45, 7) is 9.26. The molecule has 0 aromatic carbocycles. The van der Waals surface area contributed by atoms with Crippen LogP contribution in [0.2, 0.25) is 0 Å². The molecular weight excluding hydrogens is 284 g/mol. The fourth-order valence-corrected chi connectivity index (χ4v) is 2.46. The lowest BCUT2D eigenvalue weighted by Gasteiger charge is -2.34. The Kier molecular flexibility index (Phi) is 6.71. The summed E-state index contributed by atoms with van der Waals surface area (Å²) in [5, 5.41) is 2.89. The third kappa shape index (κ3) is 6.37. The van der Waals surface area contributed by atoms with Crippen LogP contribution >= 0.6 is 0 Å². The maximum Gasteiger partial charge on any atom is 0.410 e. The Morgan fingerprint density at radius 3 is 2.36 bits per heavy atom. The molecule has 126 valence electrons. The molecule has 6 heteroatoms. The first-order valence-electron chi connectivity index (χ1n) is 7.73. The summed E-state index contributed by atoms with van der Waals surface area (Å²) in [7, 11) is 1.75. The fraction of sp³-hybridized carbons (Fsp3) is 0.750. The van der Waals surface area contributed by atoms with Crippen molar-refractivity contribution in [2.24, 2.45) is 0 Å². The van der Waals surface area contributed by atoms with Gasteiger partial charge in [0.05, 0.1) is 0 Å².